The fraction of sp³-hybridized carbons (Fsp3) is 0.290. The Bertz CT molecular complexity index is 1350. The second-order valence-electron chi connectivity index (χ2n) is 9.30. The molecule has 0 radical (unpaired) electrons. The number of amides is 1. The number of halogens is 1. The summed E-state index contributed by atoms with van der Waals surface area (Å²) >= 11 is 0. The highest BCUT2D eigenvalue weighted by Gasteiger charge is 2.45. The van der Waals surface area contributed by atoms with Crippen molar-refractivity contribution in [2.24, 2.45) is 0 Å². The average Bonchev–Trinajstić information content (AvgIpc) is 3.20. The van der Waals surface area contributed by atoms with Gasteiger partial charge in [0.25, 0.3) is 11.7 Å². The third-order valence-corrected chi connectivity index (χ3v) is 6.50. The predicted octanol–water partition coefficient (Wildman–Crippen LogP) is 5.57. The maximum Gasteiger partial charge on any atom is 0.295 e. The summed E-state index contributed by atoms with van der Waals surface area (Å²) in [7, 11) is 1.52. The summed E-state index contributed by atoms with van der Waals surface area (Å²) < 4.78 is 29.9. The Balaban J connectivity index is 1.65. The van der Waals surface area contributed by atoms with Gasteiger partial charge in [-0.25, -0.2) is 4.39 Å². The number of hydrogen-bond donors (Lipinski definition) is 1. The zero-order chi connectivity index (χ0) is 27.9. The minimum atomic E-state index is -0.803. The van der Waals surface area contributed by atoms with Crippen molar-refractivity contribution in [1.29, 1.82) is 0 Å². The van der Waals surface area contributed by atoms with E-state index in [1.807, 2.05) is 13.8 Å². The van der Waals surface area contributed by atoms with E-state index in [4.69, 9.17) is 14.2 Å². The topological polar surface area (TPSA) is 85.3 Å². The Morgan fingerprint density at radius 1 is 0.974 bits per heavy atom. The van der Waals surface area contributed by atoms with E-state index < -0.39 is 17.7 Å². The number of rotatable bonds is 11. The molecule has 0 saturated carbocycles. The number of nitrogens with zero attached hydrogens (tertiary/aromatic N) is 1. The maximum atomic E-state index is 13.2. The van der Waals surface area contributed by atoms with E-state index in [-0.39, 0.29) is 36.9 Å². The fourth-order valence-corrected chi connectivity index (χ4v) is 4.47. The summed E-state index contributed by atoms with van der Waals surface area (Å²) in [6, 6.07) is 17.4. The standard InChI is InChI=1S/C31H32FNO6/c1-4-16-38-26-14-9-23(18-20(26)2)29(34)27-28(33(15-17-37-3)31(36)30(27)35)22-7-12-25(13-8-22)39-19-21-5-10-24(32)11-6-21/h5-14,18,28,34H,4,15-17,19H2,1-3H3/b29-27-. The van der Waals surface area contributed by atoms with Crippen LogP contribution in [0.5, 0.6) is 11.5 Å². The minimum absolute atomic E-state index is 0.0118. The molecule has 1 atom stereocenters. The first kappa shape index (κ1) is 27.9. The highest BCUT2D eigenvalue weighted by atomic mass is 19.1. The van der Waals surface area contributed by atoms with Crippen molar-refractivity contribution in [3.05, 3.63) is 100 Å². The van der Waals surface area contributed by atoms with Crippen molar-refractivity contribution in [1.82, 2.24) is 4.90 Å². The molecule has 3 aromatic rings. The lowest BCUT2D eigenvalue weighted by atomic mass is 9.94. The van der Waals surface area contributed by atoms with Gasteiger partial charge < -0.3 is 24.2 Å². The quantitative estimate of drug-likeness (QED) is 0.197. The number of hydrogen-bond acceptors (Lipinski definition) is 6. The average molecular weight is 534 g/mol. The van der Waals surface area contributed by atoms with Gasteiger partial charge in [0.05, 0.1) is 24.8 Å². The van der Waals surface area contributed by atoms with Crippen molar-refractivity contribution < 1.29 is 33.3 Å². The van der Waals surface area contributed by atoms with Gasteiger partial charge in [-0.2, -0.15) is 0 Å². The second-order valence-corrected chi connectivity index (χ2v) is 9.30. The summed E-state index contributed by atoms with van der Waals surface area (Å²) in [6.45, 7) is 5.10. The number of aliphatic hydroxyl groups is 1. The first-order valence-corrected chi connectivity index (χ1v) is 12.8. The number of Topliss-reactive ketones (excluding diaryl/α,β-unsaturated/α-hetero) is 1. The molecule has 0 aromatic heterocycles. The Morgan fingerprint density at radius 2 is 1.69 bits per heavy atom. The van der Waals surface area contributed by atoms with Crippen LogP contribution in [0, 0.1) is 12.7 Å². The first-order chi connectivity index (χ1) is 18.8. The molecule has 204 valence electrons. The van der Waals surface area contributed by atoms with Gasteiger partial charge in [0.1, 0.15) is 29.7 Å². The number of aryl methyl sites for hydroxylation is 1. The van der Waals surface area contributed by atoms with E-state index in [1.165, 1.54) is 24.1 Å². The zero-order valence-corrected chi connectivity index (χ0v) is 22.3. The van der Waals surface area contributed by atoms with Crippen LogP contribution in [-0.2, 0) is 20.9 Å². The highest BCUT2D eigenvalue weighted by Crippen LogP contribution is 2.40. The van der Waals surface area contributed by atoms with Crippen LogP contribution in [0.1, 0.15) is 41.6 Å². The van der Waals surface area contributed by atoms with Gasteiger partial charge in [-0.15, -0.1) is 0 Å². The van der Waals surface area contributed by atoms with Gasteiger partial charge in [-0.3, -0.25) is 9.59 Å². The third-order valence-electron chi connectivity index (χ3n) is 6.50. The molecule has 1 aliphatic heterocycles. The molecule has 0 bridgehead atoms. The van der Waals surface area contributed by atoms with Crippen LogP contribution in [-0.4, -0.2) is 48.6 Å². The van der Waals surface area contributed by atoms with Crippen molar-refractivity contribution in [3.8, 4) is 11.5 Å². The Morgan fingerprint density at radius 3 is 2.33 bits per heavy atom. The third kappa shape index (κ3) is 6.29. The van der Waals surface area contributed by atoms with Crippen LogP contribution in [0.15, 0.2) is 72.3 Å². The largest absolute Gasteiger partial charge is 0.507 e. The predicted molar refractivity (Wildman–Crippen MR) is 145 cm³/mol. The Labute approximate surface area is 227 Å². The van der Waals surface area contributed by atoms with Gasteiger partial charge >= 0.3 is 0 Å². The van der Waals surface area contributed by atoms with Crippen molar-refractivity contribution in [2.75, 3.05) is 26.9 Å². The zero-order valence-electron chi connectivity index (χ0n) is 22.3. The molecular formula is C31H32FNO6. The monoisotopic (exact) mass is 533 g/mol. The fourth-order valence-electron chi connectivity index (χ4n) is 4.47. The van der Waals surface area contributed by atoms with Gasteiger partial charge in [0.2, 0.25) is 0 Å². The van der Waals surface area contributed by atoms with Crippen LogP contribution in [0.4, 0.5) is 4.39 Å². The molecule has 1 amide bonds. The SMILES string of the molecule is CCCOc1ccc(/C(O)=C2/C(=O)C(=O)N(CCOC)C2c2ccc(OCc3ccc(F)cc3)cc2)cc1C. The molecule has 1 N–H and O–H groups in total. The molecule has 4 rings (SSSR count). The van der Waals surface area contributed by atoms with Crippen LogP contribution in [0.3, 0.4) is 0 Å². The number of methoxy groups -OCH3 is 1. The second kappa shape index (κ2) is 12.6. The van der Waals surface area contributed by atoms with Crippen molar-refractivity contribution in [2.45, 2.75) is 32.9 Å². The van der Waals surface area contributed by atoms with Crippen LogP contribution in [0.2, 0.25) is 0 Å². The number of ether oxygens (including phenoxy) is 3. The molecular weight excluding hydrogens is 501 g/mol. The molecule has 3 aromatic carbocycles. The summed E-state index contributed by atoms with van der Waals surface area (Å²) in [5.74, 6) is -0.758. The van der Waals surface area contributed by atoms with Gasteiger partial charge in [0, 0.05) is 19.2 Å². The number of likely N-dealkylation sites (tertiary alicyclic amines) is 1. The van der Waals surface area contributed by atoms with E-state index in [9.17, 15) is 19.1 Å². The molecule has 1 fully saturated rings. The molecule has 7 nitrogen and oxygen atoms in total. The van der Waals surface area contributed by atoms with E-state index >= 15 is 0 Å². The van der Waals surface area contributed by atoms with E-state index in [2.05, 4.69) is 0 Å². The van der Waals surface area contributed by atoms with Crippen LogP contribution >= 0.6 is 0 Å². The van der Waals surface area contributed by atoms with Crippen molar-refractivity contribution in [3.63, 3.8) is 0 Å². The summed E-state index contributed by atoms with van der Waals surface area (Å²) in [4.78, 5) is 27.6. The first-order valence-electron chi connectivity index (χ1n) is 12.8. The normalized spacial score (nSPS) is 16.5. The number of carbonyl (C=O) groups excluding carboxylic acids is 2. The smallest absolute Gasteiger partial charge is 0.295 e. The summed E-state index contributed by atoms with van der Waals surface area (Å²) in [5.41, 5.74) is 2.69. The lowest BCUT2D eigenvalue weighted by Crippen LogP contribution is -2.32. The molecule has 1 heterocycles. The number of aliphatic hydroxyl groups excluding tert-OH is 1. The van der Waals surface area contributed by atoms with Gasteiger partial charge in [-0.1, -0.05) is 31.2 Å². The number of benzene rings is 3. The molecule has 8 heteroatoms. The molecule has 1 saturated heterocycles. The molecule has 0 spiro atoms. The van der Waals surface area contributed by atoms with E-state index in [1.54, 1.807) is 54.6 Å². The summed E-state index contributed by atoms with van der Waals surface area (Å²) in [6.07, 6.45) is 0.863. The Kier molecular flexibility index (Phi) is 8.99. The maximum absolute atomic E-state index is 13.2. The molecule has 0 aliphatic carbocycles. The Hall–Kier alpha value is -4.17. The lowest BCUT2D eigenvalue weighted by molar-refractivity contribution is -0.140. The lowest BCUT2D eigenvalue weighted by Gasteiger charge is -2.25. The molecule has 1 aliphatic rings. The number of ketones is 1. The van der Waals surface area contributed by atoms with Crippen LogP contribution < -0.4 is 9.47 Å². The number of carbonyl (C=O) groups is 2. The molecule has 1 unspecified atom stereocenters. The van der Waals surface area contributed by atoms with Gasteiger partial charge in [-0.05, 0) is 72.5 Å². The van der Waals surface area contributed by atoms with Crippen molar-refractivity contribution >= 4 is 17.4 Å². The van der Waals surface area contributed by atoms with Gasteiger partial charge in [0.15, 0.2) is 0 Å². The summed E-state index contributed by atoms with van der Waals surface area (Å²) in [5, 5.41) is 11.3. The van der Waals surface area contributed by atoms with Crippen LogP contribution in [0.25, 0.3) is 5.76 Å². The highest BCUT2D eigenvalue weighted by molar-refractivity contribution is 6.46. The minimum Gasteiger partial charge on any atom is -0.507 e. The molecule has 39 heavy (non-hydrogen) atoms. The van der Waals surface area contributed by atoms with E-state index in [0.717, 1.165) is 17.5 Å². The van der Waals surface area contributed by atoms with E-state index in [0.29, 0.717) is 29.2 Å².